The van der Waals surface area contributed by atoms with Gasteiger partial charge < -0.3 is 14.4 Å². The van der Waals surface area contributed by atoms with Crippen LogP contribution in [0.3, 0.4) is 0 Å². The van der Waals surface area contributed by atoms with Crippen LogP contribution in [0.1, 0.15) is 33.7 Å². The average Bonchev–Trinajstić information content (AvgIpc) is 4.07. The molecule has 1 saturated heterocycles. The number of thiophene rings is 1. The topological polar surface area (TPSA) is 21.7 Å². The zero-order chi connectivity index (χ0) is 46.6. The van der Waals surface area contributed by atoms with Crippen LogP contribution >= 0.6 is 11.3 Å². The van der Waals surface area contributed by atoms with Gasteiger partial charge in [0.25, 0.3) is 0 Å². The second kappa shape index (κ2) is 15.8. The van der Waals surface area contributed by atoms with Crippen molar-refractivity contribution in [3.8, 4) is 33.4 Å². The minimum atomic E-state index is -0.346. The van der Waals surface area contributed by atoms with Gasteiger partial charge in [-0.25, -0.2) is 0 Å². The Balaban J connectivity index is 0.819. The van der Waals surface area contributed by atoms with Crippen molar-refractivity contribution in [2.24, 2.45) is 5.92 Å². The number of hydrogen-bond donors (Lipinski definition) is 0. The summed E-state index contributed by atoms with van der Waals surface area (Å²) in [4.78, 5) is 2.41. The van der Waals surface area contributed by atoms with Crippen molar-refractivity contribution in [3.63, 3.8) is 0 Å². The van der Waals surface area contributed by atoms with Gasteiger partial charge in [0.1, 0.15) is 0 Å². The van der Waals surface area contributed by atoms with E-state index in [1.54, 1.807) is 0 Å². The van der Waals surface area contributed by atoms with E-state index in [-0.39, 0.29) is 29.5 Å². The molecular formula is C67H45NO2S. The van der Waals surface area contributed by atoms with Crippen LogP contribution in [-0.2, 0) is 14.9 Å². The Hall–Kier alpha value is -8.44. The summed E-state index contributed by atoms with van der Waals surface area (Å²) in [6.07, 6.45) is 10.9. The molecule has 0 saturated carbocycles. The van der Waals surface area contributed by atoms with Gasteiger partial charge in [-0.3, -0.25) is 0 Å². The Kier molecular flexibility index (Phi) is 9.00. The lowest BCUT2D eigenvalue weighted by Crippen LogP contribution is -2.39. The molecule has 1 spiro atoms. The lowest BCUT2D eigenvalue weighted by atomic mass is 9.65. The highest BCUT2D eigenvalue weighted by molar-refractivity contribution is 7.26. The summed E-state index contributed by atoms with van der Waals surface area (Å²) in [5, 5.41) is 2.61. The van der Waals surface area contributed by atoms with Gasteiger partial charge >= 0.3 is 0 Å². The first-order valence-electron chi connectivity index (χ1n) is 24.7. The Bertz CT molecular complexity index is 3880. The summed E-state index contributed by atoms with van der Waals surface area (Å²) in [5.74, 6) is 1.90. The van der Waals surface area contributed by atoms with Crippen LogP contribution in [0.4, 0.5) is 17.1 Å². The normalized spacial score (nSPS) is 19.5. The van der Waals surface area contributed by atoms with E-state index in [0.717, 1.165) is 45.3 Å². The maximum absolute atomic E-state index is 7.20. The molecule has 2 heterocycles. The third-order valence-corrected chi connectivity index (χ3v) is 16.9. The van der Waals surface area contributed by atoms with E-state index >= 15 is 0 Å². The molecule has 10 aromatic rings. The fraction of sp³-hybridized carbons (Fsp3) is 0.0746. The molecule has 4 aliphatic carbocycles. The highest BCUT2D eigenvalue weighted by Gasteiger charge is 2.58. The lowest BCUT2D eigenvalue weighted by molar-refractivity contribution is -0.0251. The molecule has 5 aliphatic rings. The van der Waals surface area contributed by atoms with Crippen molar-refractivity contribution >= 4 is 54.1 Å². The Morgan fingerprint density at radius 2 is 1.07 bits per heavy atom. The number of fused-ring (bicyclic) bond motifs is 15. The number of hydrogen-bond acceptors (Lipinski definition) is 4. The van der Waals surface area contributed by atoms with Crippen LogP contribution in [0.5, 0.6) is 0 Å². The van der Waals surface area contributed by atoms with Crippen LogP contribution in [0.2, 0.25) is 0 Å². The van der Waals surface area contributed by atoms with Gasteiger partial charge in [-0.1, -0.05) is 188 Å². The van der Waals surface area contributed by atoms with E-state index in [1.807, 2.05) is 11.3 Å². The van der Waals surface area contributed by atoms with E-state index in [9.17, 15) is 0 Å². The van der Waals surface area contributed by atoms with Crippen LogP contribution in [-0.4, -0.2) is 12.2 Å². The molecular weight excluding hydrogens is 883 g/mol. The minimum Gasteiger partial charge on any atom is -0.479 e. The zero-order valence-corrected chi connectivity index (χ0v) is 39.5. The lowest BCUT2D eigenvalue weighted by Gasteiger charge is -2.41. The largest absolute Gasteiger partial charge is 0.479 e. The molecule has 1 aromatic heterocycles. The number of rotatable bonds is 6. The van der Waals surface area contributed by atoms with Gasteiger partial charge in [0.2, 0.25) is 0 Å². The fourth-order valence-corrected chi connectivity index (χ4v) is 13.9. The van der Waals surface area contributed by atoms with Crippen LogP contribution in [0, 0.1) is 5.92 Å². The van der Waals surface area contributed by atoms with Gasteiger partial charge in [-0.2, -0.15) is 0 Å². The highest BCUT2D eigenvalue weighted by Crippen LogP contribution is 2.66. The number of para-hydroxylation sites is 1. The minimum absolute atomic E-state index is 0.108. The third-order valence-electron chi connectivity index (χ3n) is 15.7. The first-order valence-corrected chi connectivity index (χ1v) is 25.5. The predicted molar refractivity (Wildman–Crippen MR) is 292 cm³/mol. The summed E-state index contributed by atoms with van der Waals surface area (Å²) in [6, 6.07) is 80.0. The van der Waals surface area contributed by atoms with Gasteiger partial charge in [0.15, 0.2) is 23.7 Å². The molecule has 4 unspecified atom stereocenters. The molecule has 3 nitrogen and oxygen atoms in total. The second-order valence-corrected chi connectivity index (χ2v) is 20.4. The van der Waals surface area contributed by atoms with Crippen LogP contribution < -0.4 is 4.90 Å². The zero-order valence-electron chi connectivity index (χ0n) is 38.7. The van der Waals surface area contributed by atoms with E-state index in [4.69, 9.17) is 9.47 Å². The predicted octanol–water partition coefficient (Wildman–Crippen LogP) is 17.1. The van der Waals surface area contributed by atoms with Crippen molar-refractivity contribution in [1.29, 1.82) is 0 Å². The molecule has 1 aliphatic heterocycles. The summed E-state index contributed by atoms with van der Waals surface area (Å²) in [6.45, 7) is 0. The quantitative estimate of drug-likeness (QED) is 0.166. The van der Waals surface area contributed by atoms with E-state index in [2.05, 4.69) is 254 Å². The van der Waals surface area contributed by atoms with Crippen molar-refractivity contribution in [2.75, 3.05) is 4.90 Å². The molecule has 0 amide bonds. The molecule has 1 fully saturated rings. The number of ether oxygens (including phenoxy) is 2. The summed E-state index contributed by atoms with van der Waals surface area (Å²) < 4.78 is 16.8. The van der Waals surface area contributed by atoms with Crippen molar-refractivity contribution in [2.45, 2.75) is 23.5 Å². The van der Waals surface area contributed by atoms with Crippen molar-refractivity contribution < 1.29 is 9.47 Å². The fourth-order valence-electron chi connectivity index (χ4n) is 12.7. The van der Waals surface area contributed by atoms with Crippen LogP contribution in [0.25, 0.3) is 59.1 Å². The molecule has 0 N–H and O–H groups in total. The van der Waals surface area contributed by atoms with Gasteiger partial charge in [0.05, 0.1) is 11.1 Å². The molecule has 4 heteroatoms. The monoisotopic (exact) mass is 927 g/mol. The van der Waals surface area contributed by atoms with E-state index in [1.165, 1.54) is 70.2 Å². The summed E-state index contributed by atoms with van der Waals surface area (Å²) in [5.41, 5.74) is 18.0. The van der Waals surface area contributed by atoms with E-state index < -0.39 is 0 Å². The first kappa shape index (κ1) is 40.4. The van der Waals surface area contributed by atoms with Gasteiger partial charge in [-0.15, -0.1) is 11.3 Å². The number of anilines is 3. The van der Waals surface area contributed by atoms with Gasteiger partial charge in [-0.05, 0) is 122 Å². The third kappa shape index (κ3) is 6.08. The Morgan fingerprint density at radius 3 is 1.90 bits per heavy atom. The second-order valence-electron chi connectivity index (χ2n) is 19.3. The van der Waals surface area contributed by atoms with Crippen LogP contribution in [0.15, 0.2) is 260 Å². The average molecular weight is 928 g/mol. The van der Waals surface area contributed by atoms with Crippen molar-refractivity contribution in [3.05, 3.63) is 288 Å². The summed E-state index contributed by atoms with van der Waals surface area (Å²) >= 11 is 1.87. The molecule has 71 heavy (non-hydrogen) atoms. The first-order chi connectivity index (χ1) is 35.2. The number of nitrogens with zero attached hydrogens (tertiary/aromatic N) is 1. The van der Waals surface area contributed by atoms with Crippen molar-refractivity contribution in [1.82, 2.24) is 0 Å². The maximum Gasteiger partial charge on any atom is 0.158 e. The smallest absolute Gasteiger partial charge is 0.158 e. The number of benzene rings is 9. The number of allylic oxidation sites excluding steroid dienone is 4. The Labute approximate surface area is 417 Å². The standard InChI is InChI=1S/C67H45NO2S/c1-2-16-42(17-3-1)44-18-14-19-47(38-44)68(46-35-32-43(33-36-46)49-25-15-26-54-53-24-8-13-31-65(53)71-66(49)54)60-30-12-7-20-48(60)45-34-37-61-62(39-45)70-64-41-59-55(40-63(64)69-61)52-23-6-11-29-58(52)67(59)56-27-9-4-21-50(56)51-22-5-10-28-57(51)67/h1-41,55,59,61-62H. The van der Waals surface area contributed by atoms with Gasteiger partial charge in [0, 0.05) is 48.9 Å². The Morgan fingerprint density at radius 1 is 0.437 bits per heavy atom. The molecule has 4 atom stereocenters. The molecule has 9 aromatic carbocycles. The van der Waals surface area contributed by atoms with E-state index in [0.29, 0.717) is 0 Å². The summed E-state index contributed by atoms with van der Waals surface area (Å²) in [7, 11) is 0. The molecule has 336 valence electrons. The SMILES string of the molecule is C1=CC2OC3=CC4c5ccccc5C5(c6ccccc6-c6ccccc65)C4C=C3OC2C=C1c1ccccc1N(c1ccc(-c2cccc3c2sc2ccccc23)cc1)c1cccc(-c2ccccc2)c1. The highest BCUT2D eigenvalue weighted by atomic mass is 32.1. The molecule has 0 bridgehead atoms. The maximum atomic E-state index is 7.20. The molecule has 15 rings (SSSR count). The molecule has 0 radical (unpaired) electrons.